The van der Waals surface area contributed by atoms with Crippen LogP contribution in [0.4, 0.5) is 5.69 Å². The zero-order chi connectivity index (χ0) is 18.2. The van der Waals surface area contributed by atoms with Gasteiger partial charge in [0.2, 0.25) is 0 Å². The smallest absolute Gasteiger partial charge is 0.329 e. The third kappa shape index (κ3) is 4.95. The fraction of sp³-hybridized carbons (Fsp3) is 0.118. The van der Waals surface area contributed by atoms with Crippen LogP contribution in [0.3, 0.4) is 0 Å². The summed E-state index contributed by atoms with van der Waals surface area (Å²) < 4.78 is 10.3. The molecule has 0 aliphatic heterocycles. The van der Waals surface area contributed by atoms with Gasteiger partial charge in [-0.3, -0.25) is 9.59 Å². The third-order valence-electron chi connectivity index (χ3n) is 3.13. The molecule has 0 saturated carbocycles. The molecular formula is C17H16ClN3O4. The quantitative estimate of drug-likeness (QED) is 0.486. The molecule has 2 aromatic carbocycles. The van der Waals surface area contributed by atoms with Gasteiger partial charge in [-0.05, 0) is 30.3 Å². The Kier molecular flexibility index (Phi) is 6.36. The number of para-hydroxylation sites is 1. The molecule has 0 atom stereocenters. The number of anilines is 1. The Bertz CT molecular complexity index is 808. The minimum absolute atomic E-state index is 0.327. The fourth-order valence-corrected chi connectivity index (χ4v) is 2.08. The first-order chi connectivity index (χ1) is 12.0. The summed E-state index contributed by atoms with van der Waals surface area (Å²) in [5, 5.41) is 6.48. The van der Waals surface area contributed by atoms with Gasteiger partial charge in [0.15, 0.2) is 0 Å². The second-order valence-corrected chi connectivity index (χ2v) is 5.15. The van der Waals surface area contributed by atoms with Crippen molar-refractivity contribution in [2.24, 2.45) is 5.10 Å². The maximum absolute atomic E-state index is 11.8. The van der Waals surface area contributed by atoms with E-state index in [4.69, 9.17) is 21.1 Å². The Morgan fingerprint density at radius 2 is 1.84 bits per heavy atom. The number of benzene rings is 2. The minimum atomic E-state index is -0.932. The van der Waals surface area contributed by atoms with E-state index in [1.54, 1.807) is 42.5 Å². The van der Waals surface area contributed by atoms with Crippen LogP contribution in [0.2, 0.25) is 5.02 Å². The number of ether oxygens (including phenoxy) is 2. The zero-order valence-corrected chi connectivity index (χ0v) is 14.3. The number of carbonyl (C=O) groups is 2. The summed E-state index contributed by atoms with van der Waals surface area (Å²) in [4.78, 5) is 23.6. The van der Waals surface area contributed by atoms with Crippen LogP contribution >= 0.6 is 11.6 Å². The van der Waals surface area contributed by atoms with Gasteiger partial charge >= 0.3 is 11.8 Å². The summed E-state index contributed by atoms with van der Waals surface area (Å²) in [5.41, 5.74) is 3.05. The Labute approximate surface area is 149 Å². The van der Waals surface area contributed by atoms with Crippen LogP contribution in [0.15, 0.2) is 47.6 Å². The molecule has 0 radical (unpaired) electrons. The van der Waals surface area contributed by atoms with E-state index in [0.29, 0.717) is 27.8 Å². The van der Waals surface area contributed by atoms with Crippen molar-refractivity contribution in [3.8, 4) is 11.5 Å². The van der Waals surface area contributed by atoms with E-state index in [1.165, 1.54) is 20.4 Å². The third-order valence-corrected chi connectivity index (χ3v) is 3.46. The van der Waals surface area contributed by atoms with Crippen molar-refractivity contribution in [3.05, 3.63) is 53.1 Å². The van der Waals surface area contributed by atoms with Gasteiger partial charge in [0.05, 0.1) is 31.1 Å². The molecule has 7 nitrogen and oxygen atoms in total. The topological polar surface area (TPSA) is 89.0 Å². The number of amides is 2. The van der Waals surface area contributed by atoms with E-state index in [9.17, 15) is 9.59 Å². The average Bonchev–Trinajstić information content (AvgIpc) is 2.63. The van der Waals surface area contributed by atoms with Gasteiger partial charge in [0.1, 0.15) is 11.5 Å². The molecule has 0 fully saturated rings. The molecule has 0 saturated heterocycles. The minimum Gasteiger partial charge on any atom is -0.497 e. The number of hydrogen-bond donors (Lipinski definition) is 2. The molecule has 25 heavy (non-hydrogen) atoms. The van der Waals surface area contributed by atoms with Crippen molar-refractivity contribution in [2.45, 2.75) is 0 Å². The van der Waals surface area contributed by atoms with Crippen LogP contribution in [0.1, 0.15) is 5.56 Å². The van der Waals surface area contributed by atoms with E-state index < -0.39 is 11.8 Å². The first-order valence-electron chi connectivity index (χ1n) is 7.16. The normalized spacial score (nSPS) is 10.4. The van der Waals surface area contributed by atoms with Gasteiger partial charge in [-0.15, -0.1) is 0 Å². The second-order valence-electron chi connectivity index (χ2n) is 4.74. The lowest BCUT2D eigenvalue weighted by molar-refractivity contribution is -0.136. The summed E-state index contributed by atoms with van der Waals surface area (Å²) in [6.45, 7) is 0. The first kappa shape index (κ1) is 18.3. The highest BCUT2D eigenvalue weighted by Gasteiger charge is 2.14. The lowest BCUT2D eigenvalue weighted by Gasteiger charge is -2.07. The molecular weight excluding hydrogens is 346 g/mol. The first-order valence-corrected chi connectivity index (χ1v) is 7.54. The lowest BCUT2D eigenvalue weighted by Crippen LogP contribution is -2.32. The Hall–Kier alpha value is -3.06. The number of nitrogens with one attached hydrogen (secondary N) is 2. The second kappa shape index (κ2) is 8.70. The molecule has 8 heteroatoms. The van der Waals surface area contributed by atoms with Gasteiger partial charge in [0, 0.05) is 5.56 Å². The summed E-state index contributed by atoms with van der Waals surface area (Å²) >= 11 is 5.92. The molecule has 0 unspecified atom stereocenters. The maximum atomic E-state index is 11.8. The molecule has 0 aromatic heterocycles. The van der Waals surface area contributed by atoms with E-state index in [2.05, 4.69) is 15.8 Å². The van der Waals surface area contributed by atoms with Crippen LogP contribution in [0.25, 0.3) is 0 Å². The van der Waals surface area contributed by atoms with Crippen LogP contribution in [-0.2, 0) is 9.59 Å². The molecule has 0 spiro atoms. The molecule has 2 amide bonds. The Balaban J connectivity index is 2.00. The van der Waals surface area contributed by atoms with Gasteiger partial charge in [-0.25, -0.2) is 5.43 Å². The molecule has 0 bridgehead atoms. The van der Waals surface area contributed by atoms with E-state index in [-0.39, 0.29) is 0 Å². The van der Waals surface area contributed by atoms with Crippen LogP contribution in [0.5, 0.6) is 11.5 Å². The van der Waals surface area contributed by atoms with Crippen molar-refractivity contribution in [1.29, 1.82) is 0 Å². The monoisotopic (exact) mass is 361 g/mol. The molecule has 2 rings (SSSR count). The molecule has 0 heterocycles. The van der Waals surface area contributed by atoms with Crippen LogP contribution < -0.4 is 20.2 Å². The number of halogens is 1. The SMILES string of the molecule is COc1ccc(OC)c(C=NNC(=O)C(=O)Nc2ccccc2Cl)c1. The van der Waals surface area contributed by atoms with Crippen molar-refractivity contribution in [3.63, 3.8) is 0 Å². The summed E-state index contributed by atoms with van der Waals surface area (Å²) in [7, 11) is 3.04. The van der Waals surface area contributed by atoms with Crippen molar-refractivity contribution < 1.29 is 19.1 Å². The molecule has 2 N–H and O–H groups in total. The molecule has 2 aromatic rings. The highest BCUT2D eigenvalue weighted by Crippen LogP contribution is 2.22. The van der Waals surface area contributed by atoms with E-state index in [0.717, 1.165) is 0 Å². The largest absolute Gasteiger partial charge is 0.497 e. The van der Waals surface area contributed by atoms with Gasteiger partial charge in [0.25, 0.3) is 0 Å². The van der Waals surface area contributed by atoms with Crippen molar-refractivity contribution >= 4 is 35.3 Å². The highest BCUT2D eigenvalue weighted by molar-refractivity contribution is 6.41. The predicted molar refractivity (Wildman–Crippen MR) is 95.4 cm³/mol. The summed E-state index contributed by atoms with van der Waals surface area (Å²) in [6, 6.07) is 11.7. The lowest BCUT2D eigenvalue weighted by atomic mass is 10.2. The van der Waals surface area contributed by atoms with Gasteiger partial charge < -0.3 is 14.8 Å². The van der Waals surface area contributed by atoms with Crippen molar-refractivity contribution in [1.82, 2.24) is 5.43 Å². The number of hydrazone groups is 1. The number of carbonyl (C=O) groups excluding carboxylic acids is 2. The highest BCUT2D eigenvalue weighted by atomic mass is 35.5. The molecule has 0 aliphatic carbocycles. The van der Waals surface area contributed by atoms with Crippen LogP contribution in [-0.4, -0.2) is 32.2 Å². The van der Waals surface area contributed by atoms with Gasteiger partial charge in [-0.2, -0.15) is 5.10 Å². The summed E-state index contributed by atoms with van der Waals surface area (Å²) in [5.74, 6) is -0.676. The number of methoxy groups -OCH3 is 2. The number of rotatable bonds is 5. The van der Waals surface area contributed by atoms with Crippen LogP contribution in [0, 0.1) is 0 Å². The molecule has 0 aliphatic rings. The Morgan fingerprint density at radius 1 is 1.08 bits per heavy atom. The van der Waals surface area contributed by atoms with E-state index >= 15 is 0 Å². The fourth-order valence-electron chi connectivity index (χ4n) is 1.89. The molecule has 130 valence electrons. The average molecular weight is 362 g/mol. The Morgan fingerprint density at radius 3 is 2.52 bits per heavy atom. The number of hydrogen-bond acceptors (Lipinski definition) is 5. The maximum Gasteiger partial charge on any atom is 0.329 e. The standard InChI is InChI=1S/C17H16ClN3O4/c1-24-12-7-8-15(25-2)11(9-12)10-19-21-17(23)16(22)20-14-6-4-3-5-13(14)18/h3-10H,1-2H3,(H,20,22)(H,21,23). The summed E-state index contributed by atoms with van der Waals surface area (Å²) in [6.07, 6.45) is 1.35. The number of nitrogens with zero attached hydrogens (tertiary/aromatic N) is 1. The zero-order valence-electron chi connectivity index (χ0n) is 13.6. The van der Waals surface area contributed by atoms with Gasteiger partial charge in [-0.1, -0.05) is 23.7 Å². The predicted octanol–water partition coefficient (Wildman–Crippen LogP) is 2.45. The van der Waals surface area contributed by atoms with Crippen molar-refractivity contribution in [2.75, 3.05) is 19.5 Å². The van der Waals surface area contributed by atoms with E-state index in [1.807, 2.05) is 0 Å².